The minimum Gasteiger partial charge on any atom is -0.485 e. The summed E-state index contributed by atoms with van der Waals surface area (Å²) in [5.41, 5.74) is 2.81. The van der Waals surface area contributed by atoms with Crippen molar-refractivity contribution in [3.63, 3.8) is 0 Å². The number of hydrogen-bond acceptors (Lipinski definition) is 6. The van der Waals surface area contributed by atoms with Crippen LogP contribution in [0.2, 0.25) is 0 Å². The zero-order valence-electron chi connectivity index (χ0n) is 19.5. The van der Waals surface area contributed by atoms with Crippen LogP contribution in [0.1, 0.15) is 28.5 Å². The highest BCUT2D eigenvalue weighted by Gasteiger charge is 2.28. The van der Waals surface area contributed by atoms with Gasteiger partial charge in [0.1, 0.15) is 18.0 Å². The van der Waals surface area contributed by atoms with Crippen LogP contribution in [-0.4, -0.2) is 48.9 Å². The Bertz CT molecular complexity index is 1200. The van der Waals surface area contributed by atoms with E-state index in [0.717, 1.165) is 12.1 Å². The molecule has 0 radical (unpaired) electrons. The zero-order valence-corrected chi connectivity index (χ0v) is 19.5. The van der Waals surface area contributed by atoms with E-state index < -0.39 is 0 Å². The van der Waals surface area contributed by atoms with Crippen LogP contribution >= 0.6 is 0 Å². The number of amides is 2. The summed E-state index contributed by atoms with van der Waals surface area (Å²) in [5, 5.41) is 2.81. The van der Waals surface area contributed by atoms with Crippen molar-refractivity contribution in [2.24, 2.45) is 0 Å². The molecule has 2 aromatic carbocycles. The molecule has 35 heavy (non-hydrogen) atoms. The Balaban J connectivity index is 1.38. The molecule has 1 N–H and O–H groups in total. The number of aryl methyl sites for hydroxylation is 1. The van der Waals surface area contributed by atoms with Gasteiger partial charge in [0.25, 0.3) is 5.91 Å². The van der Waals surface area contributed by atoms with Gasteiger partial charge in [-0.05, 0) is 54.4 Å². The summed E-state index contributed by atoms with van der Waals surface area (Å²) < 4.78 is 11.1. The molecule has 0 aliphatic carbocycles. The number of rotatable bonds is 10. The third-order valence-electron chi connectivity index (χ3n) is 5.66. The molecule has 0 saturated carbocycles. The van der Waals surface area contributed by atoms with Crippen LogP contribution in [0.15, 0.2) is 66.9 Å². The van der Waals surface area contributed by atoms with E-state index in [1.165, 1.54) is 10.5 Å². The smallest absolute Gasteiger partial charge is 0.265 e. The zero-order chi connectivity index (χ0) is 24.6. The van der Waals surface area contributed by atoms with Crippen molar-refractivity contribution in [1.82, 2.24) is 10.3 Å². The highest BCUT2D eigenvalue weighted by molar-refractivity contribution is 6.04. The van der Waals surface area contributed by atoms with Gasteiger partial charge in [0.2, 0.25) is 5.91 Å². The lowest BCUT2D eigenvalue weighted by Crippen LogP contribution is -2.45. The monoisotopic (exact) mass is 473 g/mol. The number of nitrogens with zero attached hydrogens (tertiary/aromatic N) is 2. The van der Waals surface area contributed by atoms with Crippen molar-refractivity contribution >= 4 is 23.3 Å². The molecule has 4 rings (SSSR count). The molecule has 0 unspecified atom stereocenters. The predicted molar refractivity (Wildman–Crippen MR) is 131 cm³/mol. The molecule has 3 aromatic rings. The van der Waals surface area contributed by atoms with Gasteiger partial charge in [-0.1, -0.05) is 25.1 Å². The van der Waals surface area contributed by atoms with Gasteiger partial charge in [-0.15, -0.1) is 0 Å². The van der Waals surface area contributed by atoms with Crippen molar-refractivity contribution in [1.29, 1.82) is 0 Å². The van der Waals surface area contributed by atoms with Crippen molar-refractivity contribution in [3.05, 3.63) is 83.7 Å². The molecule has 0 bridgehead atoms. The lowest BCUT2D eigenvalue weighted by molar-refractivity contribution is -0.125. The van der Waals surface area contributed by atoms with Crippen LogP contribution in [0.25, 0.3) is 0 Å². The van der Waals surface area contributed by atoms with Crippen LogP contribution in [0.5, 0.6) is 11.5 Å². The fraction of sp³-hybridized carbons (Fsp3) is 0.259. The number of aromatic nitrogens is 1. The maximum atomic E-state index is 12.8. The van der Waals surface area contributed by atoms with Crippen molar-refractivity contribution < 1.29 is 23.9 Å². The minimum absolute atomic E-state index is 0.146. The number of hydrogen-bond donors (Lipinski definition) is 1. The third-order valence-corrected chi connectivity index (χ3v) is 5.66. The van der Waals surface area contributed by atoms with E-state index in [4.69, 9.17) is 9.47 Å². The summed E-state index contributed by atoms with van der Waals surface area (Å²) in [6.45, 7) is 1.98. The van der Waals surface area contributed by atoms with Gasteiger partial charge >= 0.3 is 0 Å². The van der Waals surface area contributed by atoms with E-state index in [9.17, 15) is 14.4 Å². The van der Waals surface area contributed by atoms with Crippen LogP contribution in [0, 0.1) is 0 Å². The second-order valence-corrected chi connectivity index (χ2v) is 8.08. The Hall–Kier alpha value is -4.20. The Labute approximate surface area is 203 Å². The lowest BCUT2D eigenvalue weighted by Gasteiger charge is -2.29. The standard InChI is InChI=1S/C27H27N3O5/c1-2-19-6-9-22(10-7-19)34-17-24(31)20-8-11-25-23(15-20)30(27(33)18-35-25)16-26(32)29-14-12-21-5-3-4-13-28-21/h3-11,13,15H,2,12,14,16-18H2,1H3,(H,29,32). The summed E-state index contributed by atoms with van der Waals surface area (Å²) in [7, 11) is 0. The number of ketones is 1. The number of anilines is 1. The molecule has 8 heteroatoms. The summed E-state index contributed by atoms with van der Waals surface area (Å²) in [6.07, 6.45) is 3.21. The topological polar surface area (TPSA) is 97.8 Å². The quantitative estimate of drug-likeness (QED) is 0.455. The van der Waals surface area contributed by atoms with Crippen molar-refractivity contribution in [2.45, 2.75) is 19.8 Å². The summed E-state index contributed by atoms with van der Waals surface area (Å²) in [5.74, 6) is 0.145. The number of benzene rings is 2. The van der Waals surface area contributed by atoms with E-state index in [1.54, 1.807) is 24.4 Å². The van der Waals surface area contributed by atoms with E-state index in [2.05, 4.69) is 17.2 Å². The molecular formula is C27H27N3O5. The Morgan fingerprint density at radius 1 is 1.11 bits per heavy atom. The predicted octanol–water partition coefficient (Wildman–Crippen LogP) is 2.99. The molecule has 0 saturated heterocycles. The number of nitrogens with one attached hydrogen (secondary N) is 1. The normalized spacial score (nSPS) is 12.5. The average Bonchev–Trinajstić information content (AvgIpc) is 2.89. The first-order chi connectivity index (χ1) is 17.0. The average molecular weight is 474 g/mol. The minimum atomic E-state index is -0.353. The molecule has 0 atom stereocenters. The SMILES string of the molecule is CCc1ccc(OCC(=O)c2ccc3c(c2)N(CC(=O)NCCc2ccccn2)C(=O)CO3)cc1. The Morgan fingerprint density at radius 2 is 1.94 bits per heavy atom. The van der Waals surface area contributed by atoms with Gasteiger partial charge in [0, 0.05) is 30.4 Å². The fourth-order valence-corrected chi connectivity index (χ4v) is 3.68. The van der Waals surface area contributed by atoms with Gasteiger partial charge in [-0.2, -0.15) is 0 Å². The number of Topliss-reactive ketones (excluding diaryl/α,β-unsaturated/α-hetero) is 1. The van der Waals surface area contributed by atoms with Crippen molar-refractivity contribution in [2.75, 3.05) is 31.2 Å². The molecule has 1 aliphatic rings. The third kappa shape index (κ3) is 6.23. The van der Waals surface area contributed by atoms with Crippen LogP contribution in [0.4, 0.5) is 5.69 Å². The molecular weight excluding hydrogens is 446 g/mol. The van der Waals surface area contributed by atoms with Crippen LogP contribution < -0.4 is 19.7 Å². The molecule has 8 nitrogen and oxygen atoms in total. The largest absolute Gasteiger partial charge is 0.485 e. The Morgan fingerprint density at radius 3 is 2.69 bits per heavy atom. The number of carbonyl (C=O) groups excluding carboxylic acids is 3. The molecule has 2 heterocycles. The molecule has 1 aliphatic heterocycles. The van der Waals surface area contributed by atoms with Crippen LogP contribution in [0.3, 0.4) is 0 Å². The Kier molecular flexibility index (Phi) is 7.72. The summed E-state index contributed by atoms with van der Waals surface area (Å²) >= 11 is 0. The van der Waals surface area contributed by atoms with E-state index in [0.29, 0.717) is 35.7 Å². The van der Waals surface area contributed by atoms with E-state index in [1.807, 2.05) is 42.5 Å². The summed E-state index contributed by atoms with van der Waals surface area (Å²) in [6, 6.07) is 18.0. The maximum absolute atomic E-state index is 12.8. The van der Waals surface area contributed by atoms with E-state index in [-0.39, 0.29) is 37.4 Å². The molecule has 2 amide bonds. The number of ether oxygens (including phenoxy) is 2. The van der Waals surface area contributed by atoms with Gasteiger partial charge in [-0.25, -0.2) is 0 Å². The van der Waals surface area contributed by atoms with Gasteiger partial charge in [-0.3, -0.25) is 24.3 Å². The maximum Gasteiger partial charge on any atom is 0.265 e. The molecule has 0 spiro atoms. The van der Waals surface area contributed by atoms with Gasteiger partial charge < -0.3 is 14.8 Å². The number of fused-ring (bicyclic) bond motifs is 1. The second-order valence-electron chi connectivity index (χ2n) is 8.08. The van der Waals surface area contributed by atoms with Crippen LogP contribution in [-0.2, 0) is 22.4 Å². The van der Waals surface area contributed by atoms with E-state index >= 15 is 0 Å². The lowest BCUT2D eigenvalue weighted by atomic mass is 10.1. The fourth-order valence-electron chi connectivity index (χ4n) is 3.68. The number of pyridine rings is 1. The first kappa shape index (κ1) is 23.9. The first-order valence-corrected chi connectivity index (χ1v) is 11.5. The molecule has 1 aromatic heterocycles. The molecule has 0 fully saturated rings. The highest BCUT2D eigenvalue weighted by Crippen LogP contribution is 2.33. The summed E-state index contributed by atoms with van der Waals surface area (Å²) in [4.78, 5) is 43.4. The first-order valence-electron chi connectivity index (χ1n) is 11.5. The molecule has 180 valence electrons. The highest BCUT2D eigenvalue weighted by atomic mass is 16.5. The second kappa shape index (κ2) is 11.3. The number of carbonyl (C=O) groups is 3. The van der Waals surface area contributed by atoms with Crippen molar-refractivity contribution in [3.8, 4) is 11.5 Å². The van der Waals surface area contributed by atoms with Gasteiger partial charge in [0.15, 0.2) is 19.0 Å². The van der Waals surface area contributed by atoms with Gasteiger partial charge in [0.05, 0.1) is 5.69 Å².